The maximum Gasteiger partial charge on any atom is 0.227 e. The molecule has 1 fully saturated rings. The van der Waals surface area contributed by atoms with Crippen LogP contribution in [-0.2, 0) is 14.3 Å². The average Bonchev–Trinajstić information content (AvgIpc) is 2.82. The number of halogens is 1. The van der Waals surface area contributed by atoms with Crippen molar-refractivity contribution in [3.8, 4) is 0 Å². The van der Waals surface area contributed by atoms with Gasteiger partial charge in [0.1, 0.15) is 5.82 Å². The predicted octanol–water partition coefficient (Wildman–Crippen LogP) is 1.33. The van der Waals surface area contributed by atoms with Gasteiger partial charge in [0.05, 0.1) is 12.5 Å². The van der Waals surface area contributed by atoms with E-state index in [1.54, 1.807) is 19.2 Å². The molecule has 21 heavy (non-hydrogen) atoms. The number of hydrogen-bond donors (Lipinski definition) is 1. The Morgan fingerprint density at radius 3 is 2.76 bits per heavy atom. The van der Waals surface area contributed by atoms with Gasteiger partial charge in [-0.25, -0.2) is 4.39 Å². The van der Waals surface area contributed by atoms with E-state index >= 15 is 0 Å². The first kappa shape index (κ1) is 15.4. The van der Waals surface area contributed by atoms with Crippen molar-refractivity contribution in [2.45, 2.75) is 19.4 Å². The monoisotopic (exact) mass is 294 g/mol. The Kier molecular flexibility index (Phi) is 4.90. The van der Waals surface area contributed by atoms with Gasteiger partial charge in [-0.3, -0.25) is 9.59 Å². The van der Waals surface area contributed by atoms with E-state index in [9.17, 15) is 14.0 Å². The van der Waals surface area contributed by atoms with Gasteiger partial charge < -0.3 is 15.0 Å². The molecule has 1 aliphatic heterocycles. The molecular weight excluding hydrogens is 275 g/mol. The van der Waals surface area contributed by atoms with Crippen LogP contribution < -0.4 is 10.2 Å². The lowest BCUT2D eigenvalue weighted by atomic mass is 10.1. The number of carbonyl (C=O) groups is 2. The summed E-state index contributed by atoms with van der Waals surface area (Å²) in [6, 6.07) is 5.59. The second kappa shape index (κ2) is 6.67. The molecule has 1 heterocycles. The minimum absolute atomic E-state index is 0.0996. The summed E-state index contributed by atoms with van der Waals surface area (Å²) in [6.45, 7) is 2.58. The largest absolute Gasteiger partial charge is 0.383 e. The molecule has 1 saturated heterocycles. The van der Waals surface area contributed by atoms with Gasteiger partial charge in [0.15, 0.2) is 0 Å². The number of ether oxygens (including phenoxy) is 1. The first-order chi connectivity index (χ1) is 10.0. The van der Waals surface area contributed by atoms with Crippen LogP contribution in [-0.4, -0.2) is 38.1 Å². The van der Waals surface area contributed by atoms with Crippen molar-refractivity contribution in [1.29, 1.82) is 0 Å². The third-order valence-corrected chi connectivity index (χ3v) is 3.44. The number of amides is 2. The highest BCUT2D eigenvalue weighted by Crippen LogP contribution is 2.25. The SMILES string of the molecule is COCC(C)NC(=O)C1CC(=O)N(c2ccc(F)cc2)C1. The molecule has 0 bridgehead atoms. The fourth-order valence-corrected chi connectivity index (χ4v) is 2.41. The zero-order valence-corrected chi connectivity index (χ0v) is 12.1. The van der Waals surface area contributed by atoms with Gasteiger partial charge in [0.25, 0.3) is 0 Å². The molecule has 2 unspecified atom stereocenters. The van der Waals surface area contributed by atoms with Gasteiger partial charge in [-0.1, -0.05) is 0 Å². The average molecular weight is 294 g/mol. The third kappa shape index (κ3) is 3.78. The highest BCUT2D eigenvalue weighted by Gasteiger charge is 2.35. The number of nitrogens with one attached hydrogen (secondary N) is 1. The zero-order chi connectivity index (χ0) is 15.4. The van der Waals surface area contributed by atoms with Crippen LogP contribution in [0.25, 0.3) is 0 Å². The first-order valence-corrected chi connectivity index (χ1v) is 6.86. The summed E-state index contributed by atoms with van der Waals surface area (Å²) in [7, 11) is 1.57. The summed E-state index contributed by atoms with van der Waals surface area (Å²) in [4.78, 5) is 25.6. The van der Waals surface area contributed by atoms with E-state index in [4.69, 9.17) is 4.74 Å². The minimum atomic E-state index is -0.387. The molecule has 1 aromatic rings. The van der Waals surface area contributed by atoms with Crippen molar-refractivity contribution in [1.82, 2.24) is 5.32 Å². The molecule has 2 amide bonds. The number of anilines is 1. The van der Waals surface area contributed by atoms with Gasteiger partial charge in [-0.15, -0.1) is 0 Å². The fraction of sp³-hybridized carbons (Fsp3) is 0.467. The van der Waals surface area contributed by atoms with Crippen molar-refractivity contribution in [2.24, 2.45) is 5.92 Å². The van der Waals surface area contributed by atoms with E-state index in [-0.39, 0.29) is 36.0 Å². The zero-order valence-electron chi connectivity index (χ0n) is 12.1. The summed E-state index contributed by atoms with van der Waals surface area (Å²) >= 11 is 0. The Balaban J connectivity index is 1.99. The Morgan fingerprint density at radius 2 is 2.14 bits per heavy atom. The summed E-state index contributed by atoms with van der Waals surface area (Å²) < 4.78 is 17.9. The lowest BCUT2D eigenvalue weighted by molar-refractivity contribution is -0.127. The van der Waals surface area contributed by atoms with Crippen LogP contribution in [0.4, 0.5) is 10.1 Å². The van der Waals surface area contributed by atoms with E-state index in [1.165, 1.54) is 17.0 Å². The summed E-state index contributed by atoms with van der Waals surface area (Å²) in [6.07, 6.45) is 0.170. The molecule has 6 heteroatoms. The second-order valence-electron chi connectivity index (χ2n) is 5.25. The Bertz CT molecular complexity index is 518. The van der Waals surface area contributed by atoms with E-state index < -0.39 is 0 Å². The molecule has 114 valence electrons. The first-order valence-electron chi connectivity index (χ1n) is 6.86. The third-order valence-electron chi connectivity index (χ3n) is 3.44. The lowest BCUT2D eigenvalue weighted by Gasteiger charge is -2.18. The topological polar surface area (TPSA) is 58.6 Å². The Labute approximate surface area is 123 Å². The summed E-state index contributed by atoms with van der Waals surface area (Å²) in [5.74, 6) is -1.02. The Hall–Kier alpha value is -1.95. The predicted molar refractivity (Wildman–Crippen MR) is 76.3 cm³/mol. The minimum Gasteiger partial charge on any atom is -0.383 e. The van der Waals surface area contributed by atoms with Crippen LogP contribution in [0.3, 0.4) is 0 Å². The van der Waals surface area contributed by atoms with Gasteiger partial charge in [-0.05, 0) is 31.2 Å². The molecule has 2 atom stereocenters. The fourth-order valence-electron chi connectivity index (χ4n) is 2.41. The second-order valence-corrected chi connectivity index (χ2v) is 5.25. The summed E-state index contributed by atoms with van der Waals surface area (Å²) in [5, 5.41) is 2.82. The van der Waals surface area contributed by atoms with Crippen LogP contribution in [0.5, 0.6) is 0 Å². The van der Waals surface area contributed by atoms with Crippen molar-refractivity contribution in [3.63, 3.8) is 0 Å². The van der Waals surface area contributed by atoms with Crippen LogP contribution in [0, 0.1) is 11.7 Å². The molecule has 1 aromatic carbocycles. The lowest BCUT2D eigenvalue weighted by Crippen LogP contribution is -2.40. The van der Waals surface area contributed by atoms with E-state index in [2.05, 4.69) is 5.32 Å². The van der Waals surface area contributed by atoms with E-state index in [0.717, 1.165) is 0 Å². The normalized spacial score (nSPS) is 19.7. The van der Waals surface area contributed by atoms with Crippen LogP contribution in [0.15, 0.2) is 24.3 Å². The standard InChI is InChI=1S/C15H19FN2O3/c1-10(9-21-2)17-15(20)11-7-14(19)18(8-11)13-5-3-12(16)4-6-13/h3-6,10-11H,7-9H2,1-2H3,(H,17,20). The van der Waals surface area contributed by atoms with Gasteiger partial charge in [-0.2, -0.15) is 0 Å². The maximum atomic E-state index is 12.9. The van der Waals surface area contributed by atoms with Crippen molar-refractivity contribution in [3.05, 3.63) is 30.1 Å². The smallest absolute Gasteiger partial charge is 0.227 e. The summed E-state index contributed by atoms with van der Waals surface area (Å²) in [5.41, 5.74) is 0.613. The molecule has 1 aliphatic rings. The highest BCUT2D eigenvalue weighted by molar-refractivity contribution is 6.00. The molecular formula is C15H19FN2O3. The number of rotatable bonds is 5. The highest BCUT2D eigenvalue weighted by atomic mass is 19.1. The number of carbonyl (C=O) groups excluding carboxylic acids is 2. The van der Waals surface area contributed by atoms with Gasteiger partial charge in [0, 0.05) is 31.8 Å². The molecule has 0 spiro atoms. The molecule has 0 saturated carbocycles. The number of benzene rings is 1. The molecule has 0 aromatic heterocycles. The molecule has 0 radical (unpaired) electrons. The van der Waals surface area contributed by atoms with E-state index in [0.29, 0.717) is 18.8 Å². The molecule has 1 N–H and O–H groups in total. The molecule has 5 nitrogen and oxygen atoms in total. The van der Waals surface area contributed by atoms with Crippen molar-refractivity contribution < 1.29 is 18.7 Å². The van der Waals surface area contributed by atoms with Crippen LogP contribution >= 0.6 is 0 Å². The maximum absolute atomic E-state index is 12.9. The number of hydrogen-bond acceptors (Lipinski definition) is 3. The van der Waals surface area contributed by atoms with E-state index in [1.807, 2.05) is 6.92 Å². The van der Waals surface area contributed by atoms with Gasteiger partial charge >= 0.3 is 0 Å². The van der Waals surface area contributed by atoms with Crippen molar-refractivity contribution in [2.75, 3.05) is 25.2 Å². The van der Waals surface area contributed by atoms with Crippen molar-refractivity contribution >= 4 is 17.5 Å². The number of methoxy groups -OCH3 is 1. The van der Waals surface area contributed by atoms with Crippen LogP contribution in [0.1, 0.15) is 13.3 Å². The number of nitrogens with zero attached hydrogens (tertiary/aromatic N) is 1. The Morgan fingerprint density at radius 1 is 1.48 bits per heavy atom. The molecule has 2 rings (SSSR count). The van der Waals surface area contributed by atoms with Crippen LogP contribution in [0.2, 0.25) is 0 Å². The quantitative estimate of drug-likeness (QED) is 0.891. The van der Waals surface area contributed by atoms with Gasteiger partial charge in [0.2, 0.25) is 11.8 Å². The molecule has 0 aliphatic carbocycles.